The minimum absolute atomic E-state index is 0.0470. The van der Waals surface area contributed by atoms with E-state index >= 15 is 0 Å². The average Bonchev–Trinajstić information content (AvgIpc) is 3.09. The molecule has 0 aromatic heterocycles. The third kappa shape index (κ3) is 1.52. The maximum Gasteiger partial charge on any atom is 0.162 e. The molecule has 1 aliphatic carbocycles. The van der Waals surface area contributed by atoms with E-state index in [2.05, 4.69) is 15.9 Å². The summed E-state index contributed by atoms with van der Waals surface area (Å²) in [5.41, 5.74) is 1.09. The van der Waals surface area contributed by atoms with E-state index in [1.54, 1.807) is 0 Å². The van der Waals surface area contributed by atoms with Gasteiger partial charge in [-0.1, -0.05) is 15.9 Å². The zero-order chi connectivity index (χ0) is 11.2. The van der Waals surface area contributed by atoms with Gasteiger partial charge in [0.1, 0.15) is 13.2 Å². The number of rotatable bonds is 2. The topological polar surface area (TPSA) is 38.7 Å². The Morgan fingerprint density at radius 2 is 1.81 bits per heavy atom. The van der Waals surface area contributed by atoms with Gasteiger partial charge < -0.3 is 14.6 Å². The summed E-state index contributed by atoms with van der Waals surface area (Å²) in [4.78, 5) is 0. The van der Waals surface area contributed by atoms with Crippen LogP contribution in [0.25, 0.3) is 0 Å². The van der Waals surface area contributed by atoms with Crippen LogP contribution in [0.15, 0.2) is 16.6 Å². The fourth-order valence-electron chi connectivity index (χ4n) is 2.13. The largest absolute Gasteiger partial charge is 0.486 e. The lowest BCUT2D eigenvalue weighted by Crippen LogP contribution is -2.18. The Morgan fingerprint density at radius 3 is 2.38 bits per heavy atom. The predicted octanol–water partition coefficient (Wildman–Crippen LogP) is 2.24. The van der Waals surface area contributed by atoms with E-state index in [9.17, 15) is 5.11 Å². The number of hydrogen-bond donors (Lipinski definition) is 1. The molecule has 16 heavy (non-hydrogen) atoms. The van der Waals surface area contributed by atoms with Gasteiger partial charge in [-0.15, -0.1) is 0 Å². The number of hydrogen-bond acceptors (Lipinski definition) is 3. The van der Waals surface area contributed by atoms with Crippen molar-refractivity contribution in [1.82, 2.24) is 0 Å². The van der Waals surface area contributed by atoms with E-state index < -0.39 is 0 Å². The zero-order valence-electron chi connectivity index (χ0n) is 8.83. The smallest absolute Gasteiger partial charge is 0.162 e. The lowest BCUT2D eigenvalue weighted by molar-refractivity contribution is 0.170. The van der Waals surface area contributed by atoms with Gasteiger partial charge in [-0.3, -0.25) is 0 Å². The van der Waals surface area contributed by atoms with Crippen LogP contribution < -0.4 is 9.47 Å². The highest BCUT2D eigenvalue weighted by Crippen LogP contribution is 2.52. The van der Waals surface area contributed by atoms with Gasteiger partial charge in [0.05, 0.1) is 6.61 Å². The third-order valence-corrected chi connectivity index (χ3v) is 4.02. The number of benzene rings is 1. The molecule has 0 bridgehead atoms. The summed E-state index contributed by atoms with van der Waals surface area (Å²) in [6.45, 7) is 1.40. The first-order valence-electron chi connectivity index (χ1n) is 5.46. The summed E-state index contributed by atoms with van der Waals surface area (Å²) in [6, 6.07) is 3.95. The van der Waals surface area contributed by atoms with Gasteiger partial charge in [0.2, 0.25) is 0 Å². The lowest BCUT2D eigenvalue weighted by Gasteiger charge is -2.22. The van der Waals surface area contributed by atoms with Crippen molar-refractivity contribution in [3.63, 3.8) is 0 Å². The van der Waals surface area contributed by atoms with Crippen LogP contribution in [-0.4, -0.2) is 24.9 Å². The SMILES string of the molecule is OCC1(c2cc3c(cc2Br)OCCO3)CC1. The molecule has 1 aromatic rings. The maximum absolute atomic E-state index is 9.45. The molecular formula is C12H13BrO3. The van der Waals surface area contributed by atoms with Gasteiger partial charge in [0, 0.05) is 9.89 Å². The minimum Gasteiger partial charge on any atom is -0.486 e. The molecule has 1 saturated carbocycles. The summed E-state index contributed by atoms with van der Waals surface area (Å²) in [5.74, 6) is 1.58. The van der Waals surface area contributed by atoms with Crippen molar-refractivity contribution >= 4 is 15.9 Å². The van der Waals surface area contributed by atoms with E-state index in [0.717, 1.165) is 34.4 Å². The van der Waals surface area contributed by atoms with Crippen LogP contribution in [0.2, 0.25) is 0 Å². The van der Waals surface area contributed by atoms with Crippen molar-refractivity contribution in [3.8, 4) is 11.5 Å². The maximum atomic E-state index is 9.45. The molecule has 3 rings (SSSR count). The molecular weight excluding hydrogens is 272 g/mol. The molecule has 0 unspecified atom stereocenters. The first-order chi connectivity index (χ1) is 7.75. The van der Waals surface area contributed by atoms with E-state index in [1.165, 1.54) is 0 Å². The summed E-state index contributed by atoms with van der Waals surface area (Å²) < 4.78 is 12.1. The molecule has 0 atom stereocenters. The van der Waals surface area contributed by atoms with Crippen LogP contribution in [0.3, 0.4) is 0 Å². The molecule has 86 valence electrons. The second-order valence-electron chi connectivity index (χ2n) is 4.41. The van der Waals surface area contributed by atoms with E-state index in [4.69, 9.17) is 9.47 Å². The van der Waals surface area contributed by atoms with Gasteiger partial charge in [0.15, 0.2) is 11.5 Å². The Labute approximate surface area is 102 Å². The van der Waals surface area contributed by atoms with Gasteiger partial charge in [0.25, 0.3) is 0 Å². The fourth-order valence-corrected chi connectivity index (χ4v) is 2.88. The molecule has 0 saturated heterocycles. The van der Waals surface area contributed by atoms with E-state index in [0.29, 0.717) is 13.2 Å². The van der Waals surface area contributed by atoms with Crippen molar-refractivity contribution in [2.45, 2.75) is 18.3 Å². The molecule has 0 spiro atoms. The van der Waals surface area contributed by atoms with Crippen molar-refractivity contribution in [3.05, 3.63) is 22.2 Å². The molecule has 0 radical (unpaired) electrons. The number of aliphatic hydroxyl groups is 1. The predicted molar refractivity (Wildman–Crippen MR) is 63.1 cm³/mol. The molecule has 0 amide bonds. The van der Waals surface area contributed by atoms with Crippen LogP contribution in [0.1, 0.15) is 18.4 Å². The van der Waals surface area contributed by atoms with Gasteiger partial charge >= 0.3 is 0 Å². The molecule has 1 N–H and O–H groups in total. The molecule has 1 aliphatic heterocycles. The van der Waals surface area contributed by atoms with Crippen LogP contribution in [-0.2, 0) is 5.41 Å². The highest BCUT2D eigenvalue weighted by atomic mass is 79.9. The Bertz CT molecular complexity index is 427. The van der Waals surface area contributed by atoms with Crippen molar-refractivity contribution in [1.29, 1.82) is 0 Å². The first-order valence-corrected chi connectivity index (χ1v) is 6.25. The second-order valence-corrected chi connectivity index (χ2v) is 5.27. The number of fused-ring (bicyclic) bond motifs is 1. The summed E-state index contributed by atoms with van der Waals surface area (Å²) in [6.07, 6.45) is 2.09. The molecule has 2 aliphatic rings. The van der Waals surface area contributed by atoms with Crippen molar-refractivity contribution in [2.24, 2.45) is 0 Å². The quantitative estimate of drug-likeness (QED) is 0.905. The van der Waals surface area contributed by atoms with Crippen LogP contribution in [0, 0.1) is 0 Å². The summed E-state index contributed by atoms with van der Waals surface area (Å²) in [7, 11) is 0. The number of halogens is 1. The van der Waals surface area contributed by atoms with Gasteiger partial charge in [-0.05, 0) is 30.5 Å². The minimum atomic E-state index is -0.0470. The molecule has 1 heterocycles. The summed E-state index contributed by atoms with van der Waals surface area (Å²) >= 11 is 3.55. The van der Waals surface area contributed by atoms with Crippen molar-refractivity contribution < 1.29 is 14.6 Å². The Morgan fingerprint density at radius 1 is 1.19 bits per heavy atom. The lowest BCUT2D eigenvalue weighted by atomic mass is 9.96. The summed E-state index contributed by atoms with van der Waals surface area (Å²) in [5, 5.41) is 9.45. The van der Waals surface area contributed by atoms with Gasteiger partial charge in [-0.25, -0.2) is 0 Å². The van der Waals surface area contributed by atoms with Crippen molar-refractivity contribution in [2.75, 3.05) is 19.8 Å². The standard InChI is InChI=1S/C12H13BrO3/c13-9-6-11-10(15-3-4-16-11)5-8(9)12(7-14)1-2-12/h5-6,14H,1-4,7H2. The Hall–Kier alpha value is -0.740. The third-order valence-electron chi connectivity index (χ3n) is 3.36. The Balaban J connectivity index is 2.06. The average molecular weight is 285 g/mol. The van der Waals surface area contributed by atoms with Crippen LogP contribution in [0.5, 0.6) is 11.5 Å². The molecule has 3 nitrogen and oxygen atoms in total. The molecule has 1 aromatic carbocycles. The van der Waals surface area contributed by atoms with Gasteiger partial charge in [-0.2, -0.15) is 0 Å². The van der Waals surface area contributed by atoms with Crippen LogP contribution in [0.4, 0.5) is 0 Å². The zero-order valence-corrected chi connectivity index (χ0v) is 10.4. The second kappa shape index (κ2) is 3.64. The highest BCUT2D eigenvalue weighted by molar-refractivity contribution is 9.10. The van der Waals surface area contributed by atoms with E-state index in [1.807, 2.05) is 12.1 Å². The number of aliphatic hydroxyl groups excluding tert-OH is 1. The monoisotopic (exact) mass is 284 g/mol. The molecule has 1 fully saturated rings. The Kier molecular flexibility index (Phi) is 2.37. The molecule has 4 heteroatoms. The normalized spacial score (nSPS) is 20.6. The highest BCUT2D eigenvalue weighted by Gasteiger charge is 2.45. The fraction of sp³-hybridized carbons (Fsp3) is 0.500. The van der Waals surface area contributed by atoms with Crippen LogP contribution >= 0.6 is 15.9 Å². The first kappa shape index (κ1) is 10.4. The number of ether oxygens (including phenoxy) is 2. The van der Waals surface area contributed by atoms with E-state index in [-0.39, 0.29) is 12.0 Å².